The molecule has 1 fully saturated rings. The molecule has 2 atom stereocenters. The van der Waals surface area contributed by atoms with E-state index in [1.54, 1.807) is 0 Å². The first kappa shape index (κ1) is 53.5. The topological polar surface area (TPSA) is 176 Å². The van der Waals surface area contributed by atoms with Gasteiger partial charge in [-0.3, -0.25) is 9.59 Å². The van der Waals surface area contributed by atoms with Gasteiger partial charge < -0.3 is 37.9 Å². The molecule has 18 heteroatoms. The smallest absolute Gasteiger partial charge is 0.343 e. The SMILES string of the molecule is C=CC(=O)OCCCCCCOc1ccc(C(=O)Oc2c(F)cc(OC(=O)[C@H]3CCCC[C@@H]3C(=O)Oc3cc(F)c(OC(=O)c4ccc(OCCCCCCOC(=O)C=C)cc4)c(F)c3)cc2F)cc1. The summed E-state index contributed by atoms with van der Waals surface area (Å²) < 4.78 is 102. The number of hydrogen-bond donors (Lipinski definition) is 0. The van der Waals surface area contributed by atoms with Gasteiger partial charge in [0, 0.05) is 36.4 Å². The number of esters is 6. The van der Waals surface area contributed by atoms with E-state index >= 15 is 17.6 Å². The molecule has 4 aromatic rings. The Morgan fingerprint density at radius 1 is 0.457 bits per heavy atom. The fraction of sp³-hybridized carbons (Fsp3) is 0.346. The highest BCUT2D eigenvalue weighted by Crippen LogP contribution is 2.36. The fourth-order valence-electron chi connectivity index (χ4n) is 7.10. The first-order chi connectivity index (χ1) is 33.8. The van der Waals surface area contributed by atoms with E-state index < -0.39 is 93.9 Å². The summed E-state index contributed by atoms with van der Waals surface area (Å²) in [5.74, 6) is -15.3. The zero-order valence-electron chi connectivity index (χ0n) is 38.2. The van der Waals surface area contributed by atoms with Gasteiger partial charge in [0.1, 0.15) is 23.0 Å². The molecule has 14 nitrogen and oxygen atoms in total. The van der Waals surface area contributed by atoms with Gasteiger partial charge in [-0.1, -0.05) is 26.0 Å². The first-order valence-corrected chi connectivity index (χ1v) is 22.7. The average molecular weight is 977 g/mol. The fourth-order valence-corrected chi connectivity index (χ4v) is 7.10. The highest BCUT2D eigenvalue weighted by atomic mass is 19.1. The van der Waals surface area contributed by atoms with Crippen molar-refractivity contribution in [3.05, 3.63) is 133 Å². The third kappa shape index (κ3) is 16.6. The van der Waals surface area contributed by atoms with E-state index in [4.69, 9.17) is 37.9 Å². The molecule has 0 heterocycles. The summed E-state index contributed by atoms with van der Waals surface area (Å²) in [4.78, 5) is 74.3. The summed E-state index contributed by atoms with van der Waals surface area (Å²) in [5, 5.41) is 0. The summed E-state index contributed by atoms with van der Waals surface area (Å²) in [6.45, 7) is 8.04. The molecule has 372 valence electrons. The van der Waals surface area contributed by atoms with E-state index in [2.05, 4.69) is 13.2 Å². The van der Waals surface area contributed by atoms with Gasteiger partial charge in [0.15, 0.2) is 23.3 Å². The van der Waals surface area contributed by atoms with Gasteiger partial charge in [-0.2, -0.15) is 0 Å². The van der Waals surface area contributed by atoms with Gasteiger partial charge in [-0.15, -0.1) is 0 Å². The third-order valence-electron chi connectivity index (χ3n) is 10.8. The van der Waals surface area contributed by atoms with E-state index in [9.17, 15) is 28.8 Å². The minimum Gasteiger partial charge on any atom is -0.494 e. The van der Waals surface area contributed by atoms with E-state index in [1.807, 2.05) is 0 Å². The molecule has 70 heavy (non-hydrogen) atoms. The normalized spacial score (nSPS) is 14.1. The standard InChI is InChI=1S/C52H52F4O14/c1-3-45(57)65-27-13-7-5-11-25-63-35-21-17-33(18-22-35)49(59)69-47-41(53)29-37(30-42(47)54)67-51(61)39-15-9-10-16-40(39)52(62)68-38-31-43(55)48(44(56)32-38)70-50(60)34-19-23-36(24-20-34)64-26-12-6-8-14-28-66-46(58)4-2/h3-4,17-24,29-32,39-40H,1-2,5-16,25-28H2/t39-,40-/m0/s1. The van der Waals surface area contributed by atoms with Crippen molar-refractivity contribution in [2.75, 3.05) is 26.4 Å². The summed E-state index contributed by atoms with van der Waals surface area (Å²) >= 11 is 0. The quantitative estimate of drug-likeness (QED) is 0.0191. The molecule has 0 spiro atoms. The zero-order chi connectivity index (χ0) is 50.4. The van der Waals surface area contributed by atoms with Crippen LogP contribution in [0.25, 0.3) is 0 Å². The van der Waals surface area contributed by atoms with Gasteiger partial charge in [0.05, 0.1) is 49.4 Å². The van der Waals surface area contributed by atoms with Gasteiger partial charge in [-0.05, 0) is 113 Å². The predicted octanol–water partition coefficient (Wildman–Crippen LogP) is 10.3. The van der Waals surface area contributed by atoms with Crippen molar-refractivity contribution in [3.8, 4) is 34.5 Å². The second-order valence-electron chi connectivity index (χ2n) is 15.9. The Labute approximate surface area is 401 Å². The van der Waals surface area contributed by atoms with Gasteiger partial charge >= 0.3 is 35.8 Å². The molecule has 0 N–H and O–H groups in total. The van der Waals surface area contributed by atoms with Crippen LogP contribution >= 0.6 is 0 Å². The van der Waals surface area contributed by atoms with Crippen molar-refractivity contribution in [2.24, 2.45) is 11.8 Å². The lowest BCUT2D eigenvalue weighted by atomic mass is 9.79. The minimum absolute atomic E-state index is 0.0383. The number of carbonyl (C=O) groups excluding carboxylic acids is 6. The Morgan fingerprint density at radius 2 is 0.786 bits per heavy atom. The molecule has 1 saturated carbocycles. The molecule has 0 radical (unpaired) electrons. The lowest BCUT2D eigenvalue weighted by molar-refractivity contribution is -0.152. The second kappa shape index (κ2) is 27.5. The molecule has 5 rings (SSSR count). The predicted molar refractivity (Wildman–Crippen MR) is 242 cm³/mol. The van der Waals surface area contributed by atoms with Crippen molar-refractivity contribution < 1.29 is 84.2 Å². The molecule has 4 aromatic carbocycles. The van der Waals surface area contributed by atoms with Crippen LogP contribution < -0.4 is 28.4 Å². The maximum absolute atomic E-state index is 15.1. The molecule has 0 bridgehead atoms. The Bertz CT molecular complexity index is 2260. The molecule has 0 aliphatic heterocycles. The second-order valence-corrected chi connectivity index (χ2v) is 15.9. The molecule has 1 aliphatic carbocycles. The van der Waals surface area contributed by atoms with Crippen molar-refractivity contribution in [1.29, 1.82) is 0 Å². The van der Waals surface area contributed by atoms with Gasteiger partial charge in [-0.25, -0.2) is 36.7 Å². The van der Waals surface area contributed by atoms with E-state index in [0.29, 0.717) is 87.9 Å². The molecular formula is C52H52F4O14. The van der Waals surface area contributed by atoms with Crippen molar-refractivity contribution >= 4 is 35.8 Å². The maximum atomic E-state index is 15.1. The van der Waals surface area contributed by atoms with Gasteiger partial charge in [0.2, 0.25) is 11.5 Å². The van der Waals surface area contributed by atoms with Crippen molar-refractivity contribution in [3.63, 3.8) is 0 Å². The van der Waals surface area contributed by atoms with Crippen molar-refractivity contribution in [1.82, 2.24) is 0 Å². The Kier molecular flexibility index (Phi) is 21.0. The summed E-state index contributed by atoms with van der Waals surface area (Å²) in [7, 11) is 0. The van der Waals surface area contributed by atoms with E-state index in [1.165, 1.54) is 48.5 Å². The van der Waals surface area contributed by atoms with Crippen LogP contribution in [0.1, 0.15) is 97.8 Å². The number of rotatable bonds is 26. The lowest BCUT2D eigenvalue weighted by Gasteiger charge is -2.28. The van der Waals surface area contributed by atoms with E-state index in [-0.39, 0.29) is 24.0 Å². The highest BCUT2D eigenvalue weighted by molar-refractivity contribution is 5.92. The van der Waals surface area contributed by atoms with Crippen LogP contribution in [0.3, 0.4) is 0 Å². The van der Waals surface area contributed by atoms with Crippen LogP contribution in [-0.2, 0) is 28.7 Å². The summed E-state index contributed by atoms with van der Waals surface area (Å²) in [6.07, 6.45) is 9.53. The Balaban J connectivity index is 1.08. The molecule has 0 aromatic heterocycles. The Hall–Kier alpha value is -7.50. The van der Waals surface area contributed by atoms with Crippen LogP contribution in [0, 0.1) is 35.1 Å². The van der Waals surface area contributed by atoms with Crippen LogP contribution in [0.15, 0.2) is 98.1 Å². The maximum Gasteiger partial charge on any atom is 0.343 e. The van der Waals surface area contributed by atoms with Gasteiger partial charge in [0.25, 0.3) is 0 Å². The monoisotopic (exact) mass is 976 g/mol. The first-order valence-electron chi connectivity index (χ1n) is 22.7. The highest BCUT2D eigenvalue weighted by Gasteiger charge is 2.39. The third-order valence-corrected chi connectivity index (χ3v) is 10.8. The van der Waals surface area contributed by atoms with Crippen LogP contribution in [0.4, 0.5) is 17.6 Å². The van der Waals surface area contributed by atoms with Crippen molar-refractivity contribution in [2.45, 2.75) is 77.0 Å². The number of hydrogen-bond acceptors (Lipinski definition) is 14. The Morgan fingerprint density at radius 3 is 1.11 bits per heavy atom. The summed E-state index contributed by atoms with van der Waals surface area (Å²) in [5.41, 5.74) is -0.0766. The molecule has 0 saturated heterocycles. The number of unbranched alkanes of at least 4 members (excludes halogenated alkanes) is 6. The molecule has 0 unspecified atom stereocenters. The van der Waals surface area contributed by atoms with Crippen LogP contribution in [0.2, 0.25) is 0 Å². The van der Waals surface area contributed by atoms with Crippen LogP contribution in [-0.4, -0.2) is 62.2 Å². The van der Waals surface area contributed by atoms with E-state index in [0.717, 1.165) is 50.7 Å². The lowest BCUT2D eigenvalue weighted by Crippen LogP contribution is -2.37. The zero-order valence-corrected chi connectivity index (χ0v) is 38.2. The molecule has 1 aliphatic rings. The number of halogens is 4. The number of benzene rings is 4. The van der Waals surface area contributed by atoms with Crippen LogP contribution in [0.5, 0.6) is 34.5 Å². The number of carbonyl (C=O) groups is 6. The average Bonchev–Trinajstić information content (AvgIpc) is 3.35. The molecular weight excluding hydrogens is 925 g/mol. The molecule has 0 amide bonds. The minimum atomic E-state index is -1.36. The number of ether oxygens (including phenoxy) is 8. The largest absolute Gasteiger partial charge is 0.494 e. The summed E-state index contributed by atoms with van der Waals surface area (Å²) in [6, 6.07) is 13.9.